The van der Waals surface area contributed by atoms with Gasteiger partial charge in [0.25, 0.3) is 0 Å². The maximum absolute atomic E-state index is 11.7. The first-order valence-corrected chi connectivity index (χ1v) is 5.24. The van der Waals surface area contributed by atoms with Crippen LogP contribution in [0.2, 0.25) is 0 Å². The Morgan fingerprint density at radius 1 is 1.27 bits per heavy atom. The predicted octanol–water partition coefficient (Wildman–Crippen LogP) is 2.45. The van der Waals surface area contributed by atoms with Gasteiger partial charge in [0.05, 0.1) is 6.42 Å². The van der Waals surface area contributed by atoms with Crippen molar-refractivity contribution >= 4 is 5.91 Å². The van der Waals surface area contributed by atoms with E-state index in [1.807, 2.05) is 52.0 Å². The van der Waals surface area contributed by atoms with Gasteiger partial charge in [0, 0.05) is 5.54 Å². The first-order valence-electron chi connectivity index (χ1n) is 5.24. The van der Waals surface area contributed by atoms with Gasteiger partial charge in [-0.1, -0.05) is 24.3 Å². The number of rotatable bonds is 2. The highest BCUT2D eigenvalue weighted by molar-refractivity contribution is 5.79. The minimum atomic E-state index is -0.153. The van der Waals surface area contributed by atoms with Gasteiger partial charge in [-0.25, -0.2) is 0 Å². The fourth-order valence-corrected chi connectivity index (χ4v) is 1.44. The number of amides is 1. The molecule has 1 aromatic carbocycles. The molecule has 0 aromatic heterocycles. The normalized spacial score (nSPS) is 11.2. The molecule has 0 saturated carbocycles. The Morgan fingerprint density at radius 3 is 2.40 bits per heavy atom. The van der Waals surface area contributed by atoms with Gasteiger partial charge in [0.1, 0.15) is 0 Å². The van der Waals surface area contributed by atoms with Gasteiger partial charge in [0.2, 0.25) is 5.91 Å². The molecule has 2 nitrogen and oxygen atoms in total. The second-order valence-electron chi connectivity index (χ2n) is 4.90. The fraction of sp³-hybridized carbons (Fsp3) is 0.462. The molecule has 0 aliphatic heterocycles. The number of nitrogens with one attached hydrogen (secondary N) is 1. The van der Waals surface area contributed by atoms with Gasteiger partial charge in [-0.15, -0.1) is 0 Å². The van der Waals surface area contributed by atoms with Crippen molar-refractivity contribution in [3.63, 3.8) is 0 Å². The average Bonchev–Trinajstić information content (AvgIpc) is 2.05. The Kier molecular flexibility index (Phi) is 3.51. The summed E-state index contributed by atoms with van der Waals surface area (Å²) in [6, 6.07) is 7.98. The van der Waals surface area contributed by atoms with Crippen LogP contribution in [0.3, 0.4) is 0 Å². The highest BCUT2D eigenvalue weighted by Crippen LogP contribution is 2.08. The summed E-state index contributed by atoms with van der Waals surface area (Å²) in [5.74, 6) is 0.0804. The first-order chi connectivity index (χ1) is 6.88. The number of carbonyl (C=O) groups excluding carboxylic acids is 1. The lowest BCUT2D eigenvalue weighted by atomic mass is 10.0. The Hall–Kier alpha value is -1.31. The summed E-state index contributed by atoms with van der Waals surface area (Å²) in [5, 5.41) is 2.96. The van der Waals surface area contributed by atoms with Crippen molar-refractivity contribution in [3.8, 4) is 0 Å². The Bertz CT molecular complexity index is 350. The zero-order chi connectivity index (χ0) is 11.5. The van der Waals surface area contributed by atoms with Crippen LogP contribution in [0.25, 0.3) is 0 Å². The van der Waals surface area contributed by atoms with Crippen molar-refractivity contribution < 1.29 is 4.79 Å². The van der Waals surface area contributed by atoms with E-state index in [9.17, 15) is 4.79 Å². The van der Waals surface area contributed by atoms with Crippen molar-refractivity contribution in [2.24, 2.45) is 0 Å². The maximum Gasteiger partial charge on any atom is 0.224 e. The van der Waals surface area contributed by atoms with Crippen LogP contribution < -0.4 is 5.32 Å². The van der Waals surface area contributed by atoms with Crippen LogP contribution in [-0.2, 0) is 11.2 Å². The van der Waals surface area contributed by atoms with E-state index >= 15 is 0 Å². The number of hydrogen-bond acceptors (Lipinski definition) is 1. The molecule has 15 heavy (non-hydrogen) atoms. The molecule has 1 N–H and O–H groups in total. The molecule has 0 fully saturated rings. The number of carbonyl (C=O) groups is 1. The molecule has 0 aliphatic rings. The zero-order valence-corrected chi connectivity index (χ0v) is 9.92. The highest BCUT2D eigenvalue weighted by atomic mass is 16.1. The van der Waals surface area contributed by atoms with Crippen LogP contribution in [0.4, 0.5) is 0 Å². The quantitative estimate of drug-likeness (QED) is 0.789. The van der Waals surface area contributed by atoms with Gasteiger partial charge >= 0.3 is 0 Å². The third kappa shape index (κ3) is 4.15. The van der Waals surface area contributed by atoms with Gasteiger partial charge in [-0.3, -0.25) is 4.79 Å². The van der Waals surface area contributed by atoms with E-state index in [4.69, 9.17) is 0 Å². The third-order valence-electron chi connectivity index (χ3n) is 2.13. The molecule has 0 saturated heterocycles. The summed E-state index contributed by atoms with van der Waals surface area (Å²) in [4.78, 5) is 11.7. The Balaban J connectivity index is 2.64. The SMILES string of the molecule is Cc1ccccc1CC(=O)NC(C)(C)C. The lowest BCUT2D eigenvalue weighted by Crippen LogP contribution is -2.41. The summed E-state index contributed by atoms with van der Waals surface area (Å²) in [6.45, 7) is 7.99. The van der Waals surface area contributed by atoms with E-state index in [2.05, 4.69) is 5.32 Å². The van der Waals surface area contributed by atoms with E-state index in [-0.39, 0.29) is 11.4 Å². The number of aryl methyl sites for hydroxylation is 1. The lowest BCUT2D eigenvalue weighted by Gasteiger charge is -2.20. The van der Waals surface area contributed by atoms with Crippen LogP contribution in [-0.4, -0.2) is 11.4 Å². The molecule has 0 bridgehead atoms. The first kappa shape index (κ1) is 11.8. The molecule has 0 heterocycles. The maximum atomic E-state index is 11.7. The molecule has 0 spiro atoms. The van der Waals surface area contributed by atoms with E-state index in [0.717, 1.165) is 5.56 Å². The average molecular weight is 205 g/mol. The highest BCUT2D eigenvalue weighted by Gasteiger charge is 2.14. The molecule has 2 heteroatoms. The van der Waals surface area contributed by atoms with E-state index in [1.54, 1.807) is 0 Å². The molecule has 1 rings (SSSR count). The van der Waals surface area contributed by atoms with Crippen LogP contribution in [0.1, 0.15) is 31.9 Å². The topological polar surface area (TPSA) is 29.1 Å². The van der Waals surface area contributed by atoms with Crippen molar-refractivity contribution in [2.45, 2.75) is 39.7 Å². The molecule has 82 valence electrons. The molecule has 0 unspecified atom stereocenters. The second-order valence-corrected chi connectivity index (χ2v) is 4.90. The van der Waals surface area contributed by atoms with Gasteiger partial charge in [0.15, 0.2) is 0 Å². The summed E-state index contributed by atoms with van der Waals surface area (Å²) in [5.41, 5.74) is 2.11. The third-order valence-corrected chi connectivity index (χ3v) is 2.13. The Morgan fingerprint density at radius 2 is 1.87 bits per heavy atom. The van der Waals surface area contributed by atoms with E-state index in [0.29, 0.717) is 6.42 Å². The predicted molar refractivity (Wildman–Crippen MR) is 62.8 cm³/mol. The molecule has 1 amide bonds. The van der Waals surface area contributed by atoms with Crippen molar-refractivity contribution in [1.29, 1.82) is 0 Å². The van der Waals surface area contributed by atoms with Gasteiger partial charge in [-0.05, 0) is 38.8 Å². The molecule has 0 atom stereocenters. The summed E-state index contributed by atoms with van der Waals surface area (Å²) < 4.78 is 0. The fourth-order valence-electron chi connectivity index (χ4n) is 1.44. The van der Waals surface area contributed by atoms with Crippen molar-refractivity contribution in [3.05, 3.63) is 35.4 Å². The molecule has 1 aromatic rings. The molecular weight excluding hydrogens is 186 g/mol. The van der Waals surface area contributed by atoms with E-state index in [1.165, 1.54) is 5.56 Å². The summed E-state index contributed by atoms with van der Waals surface area (Å²) in [7, 11) is 0. The smallest absolute Gasteiger partial charge is 0.224 e. The monoisotopic (exact) mass is 205 g/mol. The van der Waals surface area contributed by atoms with Gasteiger partial charge < -0.3 is 5.32 Å². The number of benzene rings is 1. The summed E-state index contributed by atoms with van der Waals surface area (Å²) in [6.07, 6.45) is 0.462. The van der Waals surface area contributed by atoms with Crippen LogP contribution in [0, 0.1) is 6.92 Å². The Labute approximate surface area is 91.7 Å². The van der Waals surface area contributed by atoms with Crippen LogP contribution in [0.15, 0.2) is 24.3 Å². The second kappa shape index (κ2) is 4.47. The molecule has 0 aliphatic carbocycles. The minimum Gasteiger partial charge on any atom is -0.351 e. The minimum absolute atomic E-state index is 0.0804. The van der Waals surface area contributed by atoms with E-state index < -0.39 is 0 Å². The number of hydrogen-bond donors (Lipinski definition) is 1. The lowest BCUT2D eigenvalue weighted by molar-refractivity contribution is -0.121. The molecular formula is C13H19NO. The summed E-state index contributed by atoms with van der Waals surface area (Å²) >= 11 is 0. The zero-order valence-electron chi connectivity index (χ0n) is 9.92. The van der Waals surface area contributed by atoms with Gasteiger partial charge in [-0.2, -0.15) is 0 Å². The standard InChI is InChI=1S/C13H19NO/c1-10-7-5-6-8-11(10)9-12(15)14-13(2,3)4/h5-8H,9H2,1-4H3,(H,14,15). The van der Waals surface area contributed by atoms with Crippen LogP contribution in [0.5, 0.6) is 0 Å². The molecule has 0 radical (unpaired) electrons. The van der Waals surface area contributed by atoms with Crippen molar-refractivity contribution in [2.75, 3.05) is 0 Å². The van der Waals surface area contributed by atoms with Crippen LogP contribution >= 0.6 is 0 Å². The largest absolute Gasteiger partial charge is 0.351 e. The van der Waals surface area contributed by atoms with Crippen molar-refractivity contribution in [1.82, 2.24) is 5.32 Å².